The number of aromatic amines is 1. The number of carbonyl (C=O) groups is 1. The van der Waals surface area contributed by atoms with Gasteiger partial charge >= 0.3 is 0 Å². The predicted molar refractivity (Wildman–Crippen MR) is 148 cm³/mol. The van der Waals surface area contributed by atoms with Crippen LogP contribution in [-0.2, 0) is 17.8 Å². The highest BCUT2D eigenvalue weighted by molar-refractivity contribution is 5.84. The van der Waals surface area contributed by atoms with E-state index in [4.69, 9.17) is 14.5 Å². The smallest absolute Gasteiger partial charge is 0.260 e. The van der Waals surface area contributed by atoms with Crippen LogP contribution in [0, 0.1) is 5.41 Å². The Morgan fingerprint density at radius 1 is 0.947 bits per heavy atom. The molecule has 4 aromatic rings. The summed E-state index contributed by atoms with van der Waals surface area (Å²) in [6.07, 6.45) is 1.92. The number of nitrogens with zero attached hydrogens (tertiary/aromatic N) is 2. The Morgan fingerprint density at radius 3 is 2.18 bits per heavy atom. The van der Waals surface area contributed by atoms with Gasteiger partial charge in [0.25, 0.3) is 5.56 Å². The van der Waals surface area contributed by atoms with E-state index in [0.717, 1.165) is 11.1 Å². The van der Waals surface area contributed by atoms with Crippen molar-refractivity contribution in [1.29, 1.82) is 0 Å². The molecule has 1 saturated heterocycles. The largest absolute Gasteiger partial charge is 0.493 e. The van der Waals surface area contributed by atoms with Gasteiger partial charge in [0.2, 0.25) is 11.9 Å². The van der Waals surface area contributed by atoms with Crippen molar-refractivity contribution < 1.29 is 14.3 Å². The second-order valence-corrected chi connectivity index (χ2v) is 9.71. The molecule has 5 rings (SSSR count). The fraction of sp³-hybridized carbons (Fsp3) is 0.300. The first-order valence-corrected chi connectivity index (χ1v) is 12.8. The molecular formula is C30H32N4O4. The number of benzene rings is 3. The summed E-state index contributed by atoms with van der Waals surface area (Å²) in [6.45, 7) is 1.67. The number of rotatable bonds is 8. The van der Waals surface area contributed by atoms with Crippen LogP contribution in [0.5, 0.6) is 11.5 Å². The van der Waals surface area contributed by atoms with Crippen LogP contribution in [0.2, 0.25) is 0 Å². The highest BCUT2D eigenvalue weighted by Gasteiger charge is 2.41. The van der Waals surface area contributed by atoms with E-state index in [1.54, 1.807) is 19.2 Å². The summed E-state index contributed by atoms with van der Waals surface area (Å²) < 4.78 is 10.7. The Hall–Kier alpha value is -4.33. The summed E-state index contributed by atoms with van der Waals surface area (Å²) in [5.74, 6) is 1.54. The van der Waals surface area contributed by atoms with Gasteiger partial charge in [-0.2, -0.15) is 0 Å². The molecule has 1 aromatic heterocycles. The van der Waals surface area contributed by atoms with Gasteiger partial charge in [-0.25, -0.2) is 4.98 Å². The average molecular weight is 513 g/mol. The Morgan fingerprint density at radius 2 is 1.55 bits per heavy atom. The molecule has 8 heteroatoms. The Balaban J connectivity index is 1.38. The second kappa shape index (κ2) is 11.0. The van der Waals surface area contributed by atoms with Crippen molar-refractivity contribution in [3.8, 4) is 11.5 Å². The van der Waals surface area contributed by atoms with Crippen LogP contribution in [-0.4, -0.2) is 43.2 Å². The fourth-order valence-corrected chi connectivity index (χ4v) is 5.19. The molecule has 0 atom stereocenters. The maximum absolute atomic E-state index is 13.7. The lowest BCUT2D eigenvalue weighted by atomic mass is 9.73. The number of ether oxygens (including phenoxy) is 2. The Bertz CT molecular complexity index is 1460. The molecule has 1 fully saturated rings. The average Bonchev–Trinajstić information content (AvgIpc) is 2.96. The van der Waals surface area contributed by atoms with E-state index in [0.29, 0.717) is 67.2 Å². The van der Waals surface area contributed by atoms with Crippen LogP contribution in [0.25, 0.3) is 10.9 Å². The van der Waals surface area contributed by atoms with Crippen molar-refractivity contribution in [3.05, 3.63) is 94.3 Å². The molecule has 0 saturated carbocycles. The third-order valence-corrected chi connectivity index (χ3v) is 7.38. The van der Waals surface area contributed by atoms with Gasteiger partial charge < -0.3 is 19.7 Å². The summed E-state index contributed by atoms with van der Waals surface area (Å²) >= 11 is 0. The standard InChI is InChI=1S/C30H32N4O4/c1-37-25-17-23-24(18-26(25)38-2)32-29(33-27(23)35)34-15-13-30(14-16-34,19-21-9-5-3-6-10-21)28(36)31-20-22-11-7-4-8-12-22/h3-12,17-18H,13-16,19-20H2,1-2H3,(H,31,36)(H,32,33,35). The van der Waals surface area contributed by atoms with Gasteiger partial charge in [-0.3, -0.25) is 14.6 Å². The normalized spacial score (nSPS) is 14.7. The quantitative estimate of drug-likeness (QED) is 0.369. The molecule has 0 aliphatic carbocycles. The van der Waals surface area contributed by atoms with Crippen LogP contribution in [0.1, 0.15) is 24.0 Å². The monoisotopic (exact) mass is 512 g/mol. The first-order valence-electron chi connectivity index (χ1n) is 12.8. The maximum Gasteiger partial charge on any atom is 0.260 e. The molecule has 0 radical (unpaired) electrons. The van der Waals surface area contributed by atoms with Crippen molar-refractivity contribution in [2.75, 3.05) is 32.2 Å². The number of anilines is 1. The molecule has 1 amide bonds. The lowest BCUT2D eigenvalue weighted by Gasteiger charge is -2.41. The molecule has 2 N–H and O–H groups in total. The topological polar surface area (TPSA) is 96.5 Å². The van der Waals surface area contributed by atoms with Crippen LogP contribution < -0.4 is 25.2 Å². The van der Waals surface area contributed by atoms with Gasteiger partial charge in [0.1, 0.15) is 0 Å². The van der Waals surface area contributed by atoms with Crippen molar-refractivity contribution >= 4 is 22.8 Å². The van der Waals surface area contributed by atoms with E-state index in [-0.39, 0.29) is 11.5 Å². The van der Waals surface area contributed by atoms with Gasteiger partial charge in [0.05, 0.1) is 30.5 Å². The van der Waals surface area contributed by atoms with Gasteiger partial charge in [-0.1, -0.05) is 60.7 Å². The van der Waals surface area contributed by atoms with Gasteiger partial charge in [0.15, 0.2) is 11.5 Å². The third kappa shape index (κ3) is 5.20. The molecule has 3 aromatic carbocycles. The van der Waals surface area contributed by atoms with E-state index in [1.165, 1.54) is 7.11 Å². The van der Waals surface area contributed by atoms with Gasteiger partial charge in [-0.15, -0.1) is 0 Å². The number of nitrogens with one attached hydrogen (secondary N) is 2. The minimum Gasteiger partial charge on any atom is -0.493 e. The minimum atomic E-state index is -0.555. The number of carbonyl (C=O) groups excluding carboxylic acids is 1. The number of hydrogen-bond acceptors (Lipinski definition) is 6. The van der Waals surface area contributed by atoms with E-state index in [9.17, 15) is 9.59 Å². The number of H-pyrrole nitrogens is 1. The molecule has 2 heterocycles. The summed E-state index contributed by atoms with van der Waals surface area (Å²) in [4.78, 5) is 36.3. The second-order valence-electron chi connectivity index (χ2n) is 9.71. The van der Waals surface area contributed by atoms with E-state index in [2.05, 4.69) is 22.4 Å². The summed E-state index contributed by atoms with van der Waals surface area (Å²) in [5, 5.41) is 3.62. The fourth-order valence-electron chi connectivity index (χ4n) is 5.19. The number of fused-ring (bicyclic) bond motifs is 1. The Labute approximate surface area is 221 Å². The zero-order chi connectivity index (χ0) is 26.5. The lowest BCUT2D eigenvalue weighted by molar-refractivity contribution is -0.132. The minimum absolute atomic E-state index is 0.0571. The van der Waals surface area contributed by atoms with Crippen LogP contribution in [0.15, 0.2) is 77.6 Å². The van der Waals surface area contributed by atoms with Crippen molar-refractivity contribution in [2.24, 2.45) is 5.41 Å². The maximum atomic E-state index is 13.7. The number of methoxy groups -OCH3 is 2. The van der Waals surface area contributed by atoms with Crippen molar-refractivity contribution in [2.45, 2.75) is 25.8 Å². The summed E-state index contributed by atoms with van der Waals surface area (Å²) in [5.41, 5.74) is 1.93. The third-order valence-electron chi connectivity index (χ3n) is 7.38. The first-order chi connectivity index (χ1) is 18.5. The molecule has 0 unspecified atom stereocenters. The van der Waals surface area contributed by atoms with Crippen LogP contribution in [0.3, 0.4) is 0 Å². The molecular weight excluding hydrogens is 480 g/mol. The van der Waals surface area contributed by atoms with E-state index in [1.807, 2.05) is 53.4 Å². The Kier molecular flexibility index (Phi) is 7.31. The molecule has 196 valence electrons. The summed E-state index contributed by atoms with van der Waals surface area (Å²) in [6, 6.07) is 23.4. The highest BCUT2D eigenvalue weighted by Crippen LogP contribution is 2.37. The van der Waals surface area contributed by atoms with E-state index < -0.39 is 5.41 Å². The molecule has 1 aliphatic heterocycles. The molecule has 8 nitrogen and oxygen atoms in total. The molecule has 1 aliphatic rings. The molecule has 0 bridgehead atoms. The van der Waals surface area contributed by atoms with Crippen LogP contribution in [0.4, 0.5) is 5.95 Å². The zero-order valence-corrected chi connectivity index (χ0v) is 21.7. The number of hydrogen-bond donors (Lipinski definition) is 2. The lowest BCUT2D eigenvalue weighted by Crippen LogP contribution is -2.50. The number of amides is 1. The number of aromatic nitrogens is 2. The molecule has 38 heavy (non-hydrogen) atoms. The summed E-state index contributed by atoms with van der Waals surface area (Å²) in [7, 11) is 3.09. The number of piperidine rings is 1. The predicted octanol–water partition coefficient (Wildman–Crippen LogP) is 4.09. The van der Waals surface area contributed by atoms with Gasteiger partial charge in [-0.05, 0) is 36.5 Å². The molecule has 0 spiro atoms. The van der Waals surface area contributed by atoms with E-state index >= 15 is 0 Å². The highest BCUT2D eigenvalue weighted by atomic mass is 16.5. The van der Waals surface area contributed by atoms with Crippen molar-refractivity contribution in [1.82, 2.24) is 15.3 Å². The SMILES string of the molecule is COc1cc2nc(N3CCC(Cc4ccccc4)(C(=O)NCc4ccccc4)CC3)[nH]c(=O)c2cc1OC. The van der Waals surface area contributed by atoms with Gasteiger partial charge in [0, 0.05) is 25.7 Å². The first kappa shape index (κ1) is 25.3. The zero-order valence-electron chi connectivity index (χ0n) is 21.7. The van der Waals surface area contributed by atoms with Crippen molar-refractivity contribution in [3.63, 3.8) is 0 Å². The van der Waals surface area contributed by atoms with Crippen LogP contribution >= 0.6 is 0 Å².